The summed E-state index contributed by atoms with van der Waals surface area (Å²) in [5.74, 6) is -0.853. The molecule has 96 valence electrons. The summed E-state index contributed by atoms with van der Waals surface area (Å²) in [6, 6.07) is 6.18. The van der Waals surface area contributed by atoms with Crippen LogP contribution in [0, 0.1) is 0 Å². The van der Waals surface area contributed by atoms with Gasteiger partial charge in [0, 0.05) is 7.05 Å². The number of carbonyl (C=O) groups excluding carboxylic acids is 1. The van der Waals surface area contributed by atoms with Crippen molar-refractivity contribution in [1.29, 1.82) is 0 Å². The number of nitrogens with zero attached hydrogens (tertiary/aromatic N) is 1. The van der Waals surface area contributed by atoms with Crippen molar-refractivity contribution < 1.29 is 19.4 Å². The van der Waals surface area contributed by atoms with Gasteiger partial charge in [0.25, 0.3) is 5.91 Å². The van der Waals surface area contributed by atoms with Gasteiger partial charge in [-0.1, -0.05) is 12.1 Å². The normalized spacial score (nSPS) is 20.0. The van der Waals surface area contributed by atoms with Crippen LogP contribution in [0.3, 0.4) is 0 Å². The Morgan fingerprint density at radius 1 is 1.56 bits per heavy atom. The van der Waals surface area contributed by atoms with Gasteiger partial charge in [0.15, 0.2) is 6.10 Å². The third-order valence-electron chi connectivity index (χ3n) is 2.85. The maximum absolute atomic E-state index is 12.0. The van der Waals surface area contributed by atoms with Gasteiger partial charge >= 0.3 is 5.97 Å². The quantitative estimate of drug-likeness (QED) is 0.800. The molecule has 0 spiro atoms. The molecule has 0 saturated carbocycles. The lowest BCUT2D eigenvalue weighted by molar-refractivity contribution is -0.138. The number of nitrogens with two attached hydrogens (primary N) is 1. The minimum Gasteiger partial charge on any atom is -0.481 e. The zero-order valence-corrected chi connectivity index (χ0v) is 9.87. The number of hydrogen-bond donors (Lipinski definition) is 2. The Kier molecular flexibility index (Phi) is 3.20. The van der Waals surface area contributed by atoms with Crippen molar-refractivity contribution in [3.05, 3.63) is 24.3 Å². The zero-order valence-electron chi connectivity index (χ0n) is 9.87. The molecule has 2 atom stereocenters. The van der Waals surface area contributed by atoms with Crippen molar-refractivity contribution in [1.82, 2.24) is 0 Å². The minimum absolute atomic E-state index is 0.313. The maximum atomic E-state index is 12.0. The number of rotatable bonds is 3. The predicted octanol–water partition coefficient (Wildman–Crippen LogP) is 0.212. The third kappa shape index (κ3) is 2.14. The first kappa shape index (κ1) is 12.4. The van der Waals surface area contributed by atoms with Crippen LogP contribution in [0.1, 0.15) is 6.42 Å². The number of aliphatic carboxylic acids is 1. The summed E-state index contributed by atoms with van der Waals surface area (Å²) in [6.45, 7) is 0. The average molecular weight is 250 g/mol. The Bertz CT molecular complexity index is 489. The fourth-order valence-corrected chi connectivity index (χ4v) is 1.91. The molecule has 6 nitrogen and oxygen atoms in total. The van der Waals surface area contributed by atoms with Crippen molar-refractivity contribution in [2.75, 3.05) is 11.9 Å². The number of fused-ring (bicyclic) bond motifs is 1. The van der Waals surface area contributed by atoms with Gasteiger partial charge in [-0.15, -0.1) is 0 Å². The molecule has 1 aromatic carbocycles. The lowest BCUT2D eigenvalue weighted by Gasteiger charge is -2.34. The van der Waals surface area contributed by atoms with Gasteiger partial charge in [0.05, 0.1) is 18.2 Å². The number of anilines is 1. The standard InChI is InChI=1S/C12H14N2O4/c1-14-8-4-2-3-5-9(8)18-11(12(14)17)7(13)6-10(15)16/h2-5,7,11H,6,13H2,1H3,(H,15,16). The summed E-state index contributed by atoms with van der Waals surface area (Å²) in [5.41, 5.74) is 6.36. The molecule has 0 aliphatic carbocycles. The fourth-order valence-electron chi connectivity index (χ4n) is 1.91. The molecule has 2 rings (SSSR count). The van der Waals surface area contributed by atoms with Crippen molar-refractivity contribution in [3.8, 4) is 5.75 Å². The number of carboxylic acid groups (broad SMARTS) is 1. The molecule has 1 aliphatic heterocycles. The molecule has 1 aromatic rings. The van der Waals surface area contributed by atoms with E-state index in [1.165, 1.54) is 4.90 Å². The van der Waals surface area contributed by atoms with Gasteiger partial charge in [0.2, 0.25) is 0 Å². The predicted molar refractivity (Wildman–Crippen MR) is 64.5 cm³/mol. The van der Waals surface area contributed by atoms with E-state index in [4.69, 9.17) is 15.6 Å². The van der Waals surface area contributed by atoms with Crippen LogP contribution in [-0.4, -0.2) is 36.2 Å². The minimum atomic E-state index is -1.06. The van der Waals surface area contributed by atoms with Gasteiger partial charge in [-0.05, 0) is 12.1 Å². The second-order valence-electron chi connectivity index (χ2n) is 4.17. The molecule has 0 radical (unpaired) electrons. The molecule has 1 amide bonds. The molecule has 3 N–H and O–H groups in total. The van der Waals surface area contributed by atoms with E-state index in [9.17, 15) is 9.59 Å². The summed E-state index contributed by atoms with van der Waals surface area (Å²) >= 11 is 0. The van der Waals surface area contributed by atoms with Gasteiger partial charge < -0.3 is 20.5 Å². The number of carboxylic acids is 1. The van der Waals surface area contributed by atoms with Crippen molar-refractivity contribution in [3.63, 3.8) is 0 Å². The number of para-hydroxylation sites is 2. The zero-order chi connectivity index (χ0) is 13.3. The summed E-state index contributed by atoms with van der Waals surface area (Å²) < 4.78 is 5.50. The molecule has 0 fully saturated rings. The van der Waals surface area contributed by atoms with E-state index in [-0.39, 0.29) is 12.3 Å². The third-order valence-corrected chi connectivity index (χ3v) is 2.85. The molecule has 1 heterocycles. The van der Waals surface area contributed by atoms with Crippen LogP contribution in [0.4, 0.5) is 5.69 Å². The first-order valence-electron chi connectivity index (χ1n) is 5.51. The second kappa shape index (κ2) is 4.66. The number of benzene rings is 1. The molecule has 0 saturated heterocycles. The van der Waals surface area contributed by atoms with Crippen LogP contribution in [0.25, 0.3) is 0 Å². The number of likely N-dealkylation sites (N-methyl/N-ethyl adjacent to an activating group) is 1. The second-order valence-corrected chi connectivity index (χ2v) is 4.17. The molecule has 0 bridgehead atoms. The Hall–Kier alpha value is -2.08. The molecular weight excluding hydrogens is 236 g/mol. The molecule has 18 heavy (non-hydrogen) atoms. The Balaban J connectivity index is 2.26. The van der Waals surface area contributed by atoms with E-state index in [1.54, 1.807) is 31.3 Å². The van der Waals surface area contributed by atoms with Crippen LogP contribution < -0.4 is 15.4 Å². The Morgan fingerprint density at radius 2 is 2.22 bits per heavy atom. The van der Waals surface area contributed by atoms with E-state index in [2.05, 4.69) is 0 Å². The van der Waals surface area contributed by atoms with E-state index in [0.717, 1.165) is 0 Å². The average Bonchev–Trinajstić information content (AvgIpc) is 2.33. The van der Waals surface area contributed by atoms with E-state index < -0.39 is 18.1 Å². The summed E-state index contributed by atoms with van der Waals surface area (Å²) in [7, 11) is 1.62. The first-order valence-corrected chi connectivity index (χ1v) is 5.51. The summed E-state index contributed by atoms with van der Waals surface area (Å²) in [4.78, 5) is 24.1. The van der Waals surface area contributed by atoms with Crippen LogP contribution >= 0.6 is 0 Å². The topological polar surface area (TPSA) is 92.9 Å². The number of hydrogen-bond acceptors (Lipinski definition) is 4. The molecular formula is C12H14N2O4. The highest BCUT2D eigenvalue weighted by Crippen LogP contribution is 2.33. The van der Waals surface area contributed by atoms with E-state index >= 15 is 0 Å². The van der Waals surface area contributed by atoms with Crippen molar-refractivity contribution >= 4 is 17.6 Å². The summed E-state index contributed by atoms with van der Waals surface area (Å²) in [6.07, 6.45) is -1.27. The van der Waals surface area contributed by atoms with Crippen molar-refractivity contribution in [2.45, 2.75) is 18.6 Å². The smallest absolute Gasteiger partial charge is 0.305 e. The van der Waals surface area contributed by atoms with Gasteiger partial charge in [0.1, 0.15) is 5.75 Å². The first-order chi connectivity index (χ1) is 8.50. The Labute approximate surface area is 104 Å². The van der Waals surface area contributed by atoms with Crippen molar-refractivity contribution in [2.24, 2.45) is 5.73 Å². The Morgan fingerprint density at radius 3 is 2.89 bits per heavy atom. The van der Waals surface area contributed by atoms with E-state index in [1.807, 2.05) is 0 Å². The number of carbonyl (C=O) groups is 2. The molecule has 0 aromatic heterocycles. The number of ether oxygens (including phenoxy) is 1. The molecule has 6 heteroatoms. The van der Waals surface area contributed by atoms with Gasteiger partial charge in [-0.25, -0.2) is 0 Å². The highest BCUT2D eigenvalue weighted by molar-refractivity contribution is 6.00. The van der Waals surface area contributed by atoms with Crippen LogP contribution in [-0.2, 0) is 9.59 Å². The van der Waals surface area contributed by atoms with Gasteiger partial charge in [-0.3, -0.25) is 9.59 Å². The van der Waals surface area contributed by atoms with Crippen LogP contribution in [0.5, 0.6) is 5.75 Å². The molecule has 1 aliphatic rings. The highest BCUT2D eigenvalue weighted by Gasteiger charge is 2.37. The van der Waals surface area contributed by atoms with Gasteiger partial charge in [-0.2, -0.15) is 0 Å². The van der Waals surface area contributed by atoms with E-state index in [0.29, 0.717) is 11.4 Å². The SMILES string of the molecule is CN1C(=O)C(C(N)CC(=O)O)Oc2ccccc21. The lowest BCUT2D eigenvalue weighted by atomic mass is 10.0. The number of amides is 1. The summed E-state index contributed by atoms with van der Waals surface area (Å²) in [5, 5.41) is 8.70. The molecule has 2 unspecified atom stereocenters. The fraction of sp³-hybridized carbons (Fsp3) is 0.333. The largest absolute Gasteiger partial charge is 0.481 e. The van der Waals surface area contributed by atoms with Crippen LogP contribution in [0.15, 0.2) is 24.3 Å². The highest BCUT2D eigenvalue weighted by atomic mass is 16.5. The van der Waals surface area contributed by atoms with Crippen LogP contribution in [0.2, 0.25) is 0 Å². The lowest BCUT2D eigenvalue weighted by Crippen LogP contribution is -2.53. The maximum Gasteiger partial charge on any atom is 0.305 e. The monoisotopic (exact) mass is 250 g/mol.